The first-order valence-corrected chi connectivity index (χ1v) is 9.78. The molecule has 1 aromatic carbocycles. The summed E-state index contributed by atoms with van der Waals surface area (Å²) in [5, 5.41) is 6.56. The normalized spacial score (nSPS) is 15.0. The van der Waals surface area contributed by atoms with Crippen molar-refractivity contribution in [1.29, 1.82) is 0 Å². The molecule has 2 rings (SSSR count). The maximum absolute atomic E-state index is 11.4. The molecular formula is C20H34IN5O2. The van der Waals surface area contributed by atoms with E-state index in [0.29, 0.717) is 13.2 Å². The Morgan fingerprint density at radius 2 is 1.82 bits per heavy atom. The number of benzene rings is 1. The maximum atomic E-state index is 11.4. The van der Waals surface area contributed by atoms with E-state index >= 15 is 0 Å². The molecule has 1 heterocycles. The smallest absolute Gasteiger partial charge is 0.219 e. The van der Waals surface area contributed by atoms with E-state index < -0.39 is 0 Å². The van der Waals surface area contributed by atoms with Crippen molar-refractivity contribution in [3.05, 3.63) is 29.8 Å². The van der Waals surface area contributed by atoms with Crippen LogP contribution in [0.15, 0.2) is 29.3 Å². The first-order valence-electron chi connectivity index (χ1n) is 9.78. The molecule has 0 aliphatic carbocycles. The number of nitrogens with zero attached hydrogens (tertiary/aromatic N) is 3. The minimum atomic E-state index is 0. The lowest BCUT2D eigenvalue weighted by atomic mass is 10.2. The van der Waals surface area contributed by atoms with Gasteiger partial charge in [0.2, 0.25) is 5.91 Å². The molecule has 0 unspecified atom stereocenters. The summed E-state index contributed by atoms with van der Waals surface area (Å²) < 4.78 is 5.73. The lowest BCUT2D eigenvalue weighted by molar-refractivity contribution is -0.130. The van der Waals surface area contributed by atoms with Gasteiger partial charge in [0.25, 0.3) is 0 Å². The Hall–Kier alpha value is -1.55. The van der Waals surface area contributed by atoms with E-state index in [9.17, 15) is 4.79 Å². The summed E-state index contributed by atoms with van der Waals surface area (Å²) in [4.78, 5) is 20.3. The van der Waals surface area contributed by atoms with Crippen LogP contribution in [0.25, 0.3) is 0 Å². The average Bonchev–Trinajstić information content (AvgIpc) is 2.67. The van der Waals surface area contributed by atoms with Gasteiger partial charge in [0.05, 0.1) is 13.1 Å². The molecule has 1 aliphatic heterocycles. The Kier molecular flexibility index (Phi) is 11.9. The van der Waals surface area contributed by atoms with Crippen LogP contribution in [0.1, 0.15) is 19.4 Å². The average molecular weight is 503 g/mol. The summed E-state index contributed by atoms with van der Waals surface area (Å²) in [7, 11) is 0. The van der Waals surface area contributed by atoms with Crippen LogP contribution in [-0.4, -0.2) is 80.6 Å². The lowest BCUT2D eigenvalue weighted by Gasteiger charge is -2.33. The van der Waals surface area contributed by atoms with Gasteiger partial charge in [-0.1, -0.05) is 17.7 Å². The molecule has 158 valence electrons. The number of carbonyl (C=O) groups is 1. The predicted molar refractivity (Wildman–Crippen MR) is 125 cm³/mol. The number of rotatable bonds is 8. The number of hydrogen-bond acceptors (Lipinski definition) is 4. The van der Waals surface area contributed by atoms with Crippen molar-refractivity contribution < 1.29 is 9.53 Å². The third-order valence-corrected chi connectivity index (χ3v) is 4.53. The van der Waals surface area contributed by atoms with Crippen molar-refractivity contribution in [2.45, 2.75) is 20.8 Å². The van der Waals surface area contributed by atoms with Crippen LogP contribution in [0.5, 0.6) is 5.75 Å². The van der Waals surface area contributed by atoms with Gasteiger partial charge >= 0.3 is 0 Å². The molecule has 1 amide bonds. The molecule has 0 bridgehead atoms. The second-order valence-corrected chi connectivity index (χ2v) is 6.70. The fourth-order valence-electron chi connectivity index (χ4n) is 2.90. The number of piperazine rings is 1. The standard InChI is InChI=1S/C20H33N5O2.HI/c1-4-21-20(23-10-16-27-19-7-5-17(2)6-8-19)22-9-11-24-12-14-25(15-13-24)18(3)26;/h5-8H,4,9-16H2,1-3H3,(H2,21,22,23);1H. The van der Waals surface area contributed by atoms with Crippen LogP contribution in [0.3, 0.4) is 0 Å². The number of carbonyl (C=O) groups excluding carboxylic acids is 1. The van der Waals surface area contributed by atoms with E-state index in [1.165, 1.54) is 5.56 Å². The van der Waals surface area contributed by atoms with E-state index in [1.54, 1.807) is 6.92 Å². The highest BCUT2D eigenvalue weighted by atomic mass is 127. The van der Waals surface area contributed by atoms with Crippen LogP contribution in [0, 0.1) is 6.92 Å². The molecule has 0 radical (unpaired) electrons. The predicted octanol–water partition coefficient (Wildman–Crippen LogP) is 1.71. The van der Waals surface area contributed by atoms with Gasteiger partial charge in [-0.25, -0.2) is 0 Å². The first kappa shape index (κ1) is 24.5. The largest absolute Gasteiger partial charge is 0.492 e. The van der Waals surface area contributed by atoms with Crippen molar-refractivity contribution >= 4 is 35.8 Å². The summed E-state index contributed by atoms with van der Waals surface area (Å²) in [6.07, 6.45) is 0. The Balaban J connectivity index is 0.00000392. The zero-order valence-corrected chi connectivity index (χ0v) is 19.6. The number of ether oxygens (including phenoxy) is 1. The summed E-state index contributed by atoms with van der Waals surface area (Å²) >= 11 is 0. The fourth-order valence-corrected chi connectivity index (χ4v) is 2.90. The minimum absolute atomic E-state index is 0. The fraction of sp³-hybridized carbons (Fsp3) is 0.600. The highest BCUT2D eigenvalue weighted by Crippen LogP contribution is 2.10. The van der Waals surface area contributed by atoms with E-state index in [2.05, 4.69) is 34.4 Å². The molecule has 8 heteroatoms. The van der Waals surface area contributed by atoms with Crippen LogP contribution >= 0.6 is 24.0 Å². The molecule has 7 nitrogen and oxygen atoms in total. The van der Waals surface area contributed by atoms with Gasteiger partial charge < -0.3 is 20.3 Å². The molecule has 0 saturated carbocycles. The highest BCUT2D eigenvalue weighted by Gasteiger charge is 2.17. The van der Waals surface area contributed by atoms with Crippen molar-refractivity contribution in [2.75, 3.05) is 59.0 Å². The second-order valence-electron chi connectivity index (χ2n) is 6.70. The molecule has 0 atom stereocenters. The van der Waals surface area contributed by atoms with E-state index in [1.807, 2.05) is 29.2 Å². The van der Waals surface area contributed by atoms with Crippen LogP contribution in [0.2, 0.25) is 0 Å². The minimum Gasteiger partial charge on any atom is -0.492 e. The molecule has 1 aliphatic rings. The number of amides is 1. The molecule has 1 fully saturated rings. The van der Waals surface area contributed by atoms with Gasteiger partial charge in [-0.15, -0.1) is 24.0 Å². The number of nitrogens with one attached hydrogen (secondary N) is 2. The van der Waals surface area contributed by atoms with Crippen LogP contribution in [-0.2, 0) is 4.79 Å². The van der Waals surface area contributed by atoms with Crippen LogP contribution in [0.4, 0.5) is 0 Å². The molecule has 28 heavy (non-hydrogen) atoms. The zero-order valence-electron chi connectivity index (χ0n) is 17.2. The quantitative estimate of drug-likeness (QED) is 0.245. The molecule has 2 N–H and O–H groups in total. The Morgan fingerprint density at radius 1 is 1.14 bits per heavy atom. The SMILES string of the molecule is CCNC(=NCCN1CCN(C(C)=O)CC1)NCCOc1ccc(C)cc1.I. The van der Waals surface area contributed by atoms with Crippen molar-refractivity contribution in [1.82, 2.24) is 20.4 Å². The number of halogens is 1. The number of aliphatic imine (C=N–C) groups is 1. The topological polar surface area (TPSA) is 69.2 Å². The number of guanidine groups is 1. The molecular weight excluding hydrogens is 469 g/mol. The van der Waals surface area contributed by atoms with Crippen molar-refractivity contribution in [2.24, 2.45) is 4.99 Å². The highest BCUT2D eigenvalue weighted by molar-refractivity contribution is 14.0. The molecule has 1 saturated heterocycles. The van der Waals surface area contributed by atoms with E-state index in [-0.39, 0.29) is 29.9 Å². The zero-order chi connectivity index (χ0) is 19.5. The van der Waals surface area contributed by atoms with Crippen molar-refractivity contribution in [3.8, 4) is 5.75 Å². The van der Waals surface area contributed by atoms with Gasteiger partial charge in [-0.2, -0.15) is 0 Å². The van der Waals surface area contributed by atoms with Gasteiger partial charge in [0.1, 0.15) is 12.4 Å². The number of aryl methyl sites for hydroxylation is 1. The molecule has 0 aromatic heterocycles. The van der Waals surface area contributed by atoms with Gasteiger partial charge in [-0.3, -0.25) is 14.7 Å². The van der Waals surface area contributed by atoms with Crippen molar-refractivity contribution in [3.63, 3.8) is 0 Å². The Bertz CT molecular complexity index is 601. The summed E-state index contributed by atoms with van der Waals surface area (Å²) in [6.45, 7) is 13.0. The third kappa shape index (κ3) is 9.09. The Labute approximate surface area is 185 Å². The van der Waals surface area contributed by atoms with Gasteiger partial charge in [0.15, 0.2) is 5.96 Å². The summed E-state index contributed by atoms with van der Waals surface area (Å²) in [5.41, 5.74) is 1.23. The van der Waals surface area contributed by atoms with Gasteiger partial charge in [0, 0.05) is 46.2 Å². The maximum Gasteiger partial charge on any atom is 0.219 e. The summed E-state index contributed by atoms with van der Waals surface area (Å²) in [6, 6.07) is 8.07. The first-order chi connectivity index (χ1) is 13.1. The number of hydrogen-bond donors (Lipinski definition) is 2. The molecule has 0 spiro atoms. The van der Waals surface area contributed by atoms with Gasteiger partial charge in [-0.05, 0) is 26.0 Å². The third-order valence-electron chi connectivity index (χ3n) is 4.53. The lowest BCUT2D eigenvalue weighted by Crippen LogP contribution is -2.48. The Morgan fingerprint density at radius 3 is 2.43 bits per heavy atom. The summed E-state index contributed by atoms with van der Waals surface area (Å²) in [5.74, 6) is 1.86. The molecule has 1 aromatic rings. The monoisotopic (exact) mass is 503 g/mol. The second kappa shape index (κ2) is 13.6. The van der Waals surface area contributed by atoms with E-state index in [4.69, 9.17) is 4.74 Å². The van der Waals surface area contributed by atoms with E-state index in [0.717, 1.165) is 57.5 Å². The van der Waals surface area contributed by atoms with Crippen LogP contribution < -0.4 is 15.4 Å².